The molecule has 5 nitrogen and oxygen atoms in total. The van der Waals surface area contributed by atoms with Gasteiger partial charge in [-0.25, -0.2) is 0 Å². The first-order valence-electron chi connectivity index (χ1n) is 11.0. The number of esters is 1. The molecule has 4 aliphatic carbocycles. The zero-order chi connectivity index (χ0) is 19.7. The Kier molecular flexibility index (Phi) is 4.05. The lowest BCUT2D eigenvalue weighted by atomic mass is 9.43. The van der Waals surface area contributed by atoms with Crippen LogP contribution in [0.3, 0.4) is 0 Å². The zero-order valence-corrected chi connectivity index (χ0v) is 16.6. The third-order valence-corrected chi connectivity index (χ3v) is 9.02. The molecule has 1 N–H and O–H groups in total. The lowest BCUT2D eigenvalue weighted by Crippen LogP contribution is -2.62. The van der Waals surface area contributed by atoms with Crippen LogP contribution in [0.5, 0.6) is 0 Å². The van der Waals surface area contributed by atoms with Crippen LogP contribution >= 0.6 is 0 Å². The van der Waals surface area contributed by atoms with Crippen LogP contribution in [0.2, 0.25) is 0 Å². The molecule has 1 saturated heterocycles. The van der Waals surface area contributed by atoms with E-state index in [1.54, 1.807) is 0 Å². The quantitative estimate of drug-likeness (QED) is 0.728. The lowest BCUT2D eigenvalue weighted by Gasteiger charge is -2.63. The SMILES string of the molecule is CC12CCC(=O)C=C1C[C@@H](CC(=O)O)C1C3CCC4CC(=O)OC3(CCC12)C4. The van der Waals surface area contributed by atoms with Crippen LogP contribution in [0.4, 0.5) is 0 Å². The maximum absolute atomic E-state index is 12.3. The van der Waals surface area contributed by atoms with Crippen LogP contribution in [0, 0.1) is 35.0 Å². The summed E-state index contributed by atoms with van der Waals surface area (Å²) in [7, 11) is 0. The van der Waals surface area contributed by atoms with Crippen molar-refractivity contribution in [1.29, 1.82) is 0 Å². The minimum Gasteiger partial charge on any atom is -0.481 e. The number of hydrogen-bond acceptors (Lipinski definition) is 4. The molecule has 5 rings (SSSR count). The first-order chi connectivity index (χ1) is 13.3. The fraction of sp³-hybridized carbons (Fsp3) is 0.783. The lowest BCUT2D eigenvalue weighted by molar-refractivity contribution is -0.218. The van der Waals surface area contributed by atoms with Crippen molar-refractivity contribution in [2.45, 2.75) is 76.7 Å². The smallest absolute Gasteiger partial charge is 0.306 e. The second kappa shape index (κ2) is 6.17. The molecule has 1 aliphatic heterocycles. The summed E-state index contributed by atoms with van der Waals surface area (Å²) < 4.78 is 6.08. The van der Waals surface area contributed by atoms with Gasteiger partial charge in [-0.05, 0) is 80.1 Å². The summed E-state index contributed by atoms with van der Waals surface area (Å²) in [5.41, 5.74) is 0.810. The van der Waals surface area contributed by atoms with Crippen LogP contribution < -0.4 is 0 Å². The number of hydrogen-bond donors (Lipinski definition) is 1. The summed E-state index contributed by atoms with van der Waals surface area (Å²) in [6.07, 6.45) is 9.64. The van der Waals surface area contributed by atoms with E-state index in [0.717, 1.165) is 38.5 Å². The molecular weight excluding hydrogens is 356 g/mol. The summed E-state index contributed by atoms with van der Waals surface area (Å²) in [5.74, 6) is 0.774. The highest BCUT2D eigenvalue weighted by atomic mass is 16.6. The minimum atomic E-state index is -0.760. The van der Waals surface area contributed by atoms with Gasteiger partial charge < -0.3 is 9.84 Å². The number of carboxylic acids is 1. The van der Waals surface area contributed by atoms with E-state index in [1.165, 1.54) is 5.57 Å². The Labute approximate surface area is 165 Å². The van der Waals surface area contributed by atoms with Crippen molar-refractivity contribution in [3.8, 4) is 0 Å². The fourth-order valence-electron chi connectivity index (χ4n) is 7.91. The number of rotatable bonds is 2. The van der Waals surface area contributed by atoms with E-state index in [0.29, 0.717) is 31.1 Å². The predicted molar refractivity (Wildman–Crippen MR) is 101 cm³/mol. The van der Waals surface area contributed by atoms with E-state index in [1.807, 2.05) is 6.08 Å². The second-order valence-electron chi connectivity index (χ2n) is 10.3. The van der Waals surface area contributed by atoms with Crippen LogP contribution in [-0.2, 0) is 19.1 Å². The average Bonchev–Trinajstić information content (AvgIpc) is 2.61. The zero-order valence-electron chi connectivity index (χ0n) is 16.6. The molecule has 7 atom stereocenters. The van der Waals surface area contributed by atoms with Crippen molar-refractivity contribution in [3.63, 3.8) is 0 Å². The number of allylic oxidation sites excluding steroid dienone is 2. The average molecular weight is 386 g/mol. The maximum atomic E-state index is 12.3. The van der Waals surface area contributed by atoms with Gasteiger partial charge >= 0.3 is 11.9 Å². The highest BCUT2D eigenvalue weighted by Gasteiger charge is 2.63. The molecular formula is C23H30O5. The number of carbonyl (C=O) groups excluding carboxylic acids is 2. The number of aliphatic carboxylic acids is 1. The van der Waals surface area contributed by atoms with Crippen molar-refractivity contribution < 1.29 is 24.2 Å². The third kappa shape index (κ3) is 2.61. The molecule has 0 radical (unpaired) electrons. The van der Waals surface area contributed by atoms with E-state index in [2.05, 4.69) is 6.92 Å². The fourth-order valence-corrected chi connectivity index (χ4v) is 7.91. The first-order valence-corrected chi connectivity index (χ1v) is 11.0. The van der Waals surface area contributed by atoms with Crippen molar-refractivity contribution >= 4 is 17.7 Å². The van der Waals surface area contributed by atoms with E-state index in [-0.39, 0.29) is 46.9 Å². The standard InChI is InChI=1S/C23H30O5/c1-22-6-4-16(24)11-15(22)9-14(10-19(25)26)21-17(22)5-7-23-12-13(2-3-18(21)23)8-20(27)28-23/h11,13-14,17-18,21H,2-10,12H2,1H3,(H,25,26)/t13?,14-,17?,18?,21?,22?,23?/m0/s1. The normalized spacial score (nSPS) is 47.2. The van der Waals surface area contributed by atoms with Gasteiger partial charge in [-0.3, -0.25) is 14.4 Å². The molecule has 1 heterocycles. The second-order valence-corrected chi connectivity index (χ2v) is 10.3. The molecule has 0 amide bonds. The van der Waals surface area contributed by atoms with Crippen LogP contribution in [0.15, 0.2) is 11.6 Å². The van der Waals surface area contributed by atoms with Gasteiger partial charge in [-0.2, -0.15) is 0 Å². The Morgan fingerprint density at radius 2 is 2.00 bits per heavy atom. The Hall–Kier alpha value is -1.65. The van der Waals surface area contributed by atoms with Gasteiger partial charge in [0.15, 0.2) is 5.78 Å². The molecule has 5 heteroatoms. The summed E-state index contributed by atoms with van der Waals surface area (Å²) in [6, 6.07) is 0. The Morgan fingerprint density at radius 1 is 1.18 bits per heavy atom. The molecule has 0 aromatic carbocycles. The van der Waals surface area contributed by atoms with Gasteiger partial charge in [0, 0.05) is 25.2 Å². The largest absolute Gasteiger partial charge is 0.481 e. The Balaban J connectivity index is 1.56. The van der Waals surface area contributed by atoms with Gasteiger partial charge in [0.1, 0.15) is 5.60 Å². The molecule has 2 bridgehead atoms. The molecule has 6 unspecified atom stereocenters. The first kappa shape index (κ1) is 18.4. The monoisotopic (exact) mass is 386 g/mol. The molecule has 0 aromatic heterocycles. The minimum absolute atomic E-state index is 0.00921. The highest BCUT2D eigenvalue weighted by molar-refractivity contribution is 5.91. The number of carboxylic acid groups (broad SMARTS) is 1. The van der Waals surface area contributed by atoms with Crippen molar-refractivity contribution in [2.24, 2.45) is 35.0 Å². The summed E-state index contributed by atoms with van der Waals surface area (Å²) in [4.78, 5) is 36.1. The number of fused-ring (bicyclic) bond motifs is 5. The van der Waals surface area contributed by atoms with Gasteiger partial charge in [0.05, 0.1) is 0 Å². The highest BCUT2D eigenvalue weighted by Crippen LogP contribution is 2.66. The van der Waals surface area contributed by atoms with E-state index >= 15 is 0 Å². The molecule has 152 valence electrons. The van der Waals surface area contributed by atoms with Crippen LogP contribution in [0.1, 0.15) is 71.1 Å². The molecule has 28 heavy (non-hydrogen) atoms. The van der Waals surface area contributed by atoms with Gasteiger partial charge in [-0.1, -0.05) is 12.5 Å². The summed E-state index contributed by atoms with van der Waals surface area (Å²) in [5, 5.41) is 9.61. The predicted octanol–water partition coefficient (Wildman–Crippen LogP) is 3.90. The van der Waals surface area contributed by atoms with Crippen molar-refractivity contribution in [3.05, 3.63) is 11.6 Å². The van der Waals surface area contributed by atoms with Gasteiger partial charge in [0.25, 0.3) is 0 Å². The number of carbonyl (C=O) groups is 3. The van der Waals surface area contributed by atoms with Gasteiger partial charge in [0.2, 0.25) is 0 Å². The number of ether oxygens (including phenoxy) is 1. The topological polar surface area (TPSA) is 80.7 Å². The van der Waals surface area contributed by atoms with E-state index < -0.39 is 5.97 Å². The van der Waals surface area contributed by atoms with Crippen molar-refractivity contribution in [2.75, 3.05) is 0 Å². The molecule has 5 aliphatic rings. The maximum Gasteiger partial charge on any atom is 0.306 e. The number of ketones is 1. The Morgan fingerprint density at radius 3 is 2.79 bits per heavy atom. The summed E-state index contributed by atoms with van der Waals surface area (Å²) >= 11 is 0. The Bertz CT molecular complexity index is 769. The summed E-state index contributed by atoms with van der Waals surface area (Å²) in [6.45, 7) is 2.30. The molecule has 1 spiro atoms. The molecule has 3 saturated carbocycles. The molecule has 0 aromatic rings. The van der Waals surface area contributed by atoms with Crippen molar-refractivity contribution in [1.82, 2.24) is 0 Å². The van der Waals surface area contributed by atoms with Gasteiger partial charge in [-0.15, -0.1) is 0 Å². The van der Waals surface area contributed by atoms with Crippen LogP contribution in [-0.4, -0.2) is 28.4 Å². The van der Waals surface area contributed by atoms with E-state index in [4.69, 9.17) is 4.74 Å². The molecule has 4 fully saturated rings. The third-order valence-electron chi connectivity index (χ3n) is 9.02. The van der Waals surface area contributed by atoms with E-state index in [9.17, 15) is 19.5 Å². The van der Waals surface area contributed by atoms with Crippen LogP contribution in [0.25, 0.3) is 0 Å².